The van der Waals surface area contributed by atoms with E-state index in [0.29, 0.717) is 11.5 Å². The number of hydrogen-bond acceptors (Lipinski definition) is 5. The van der Waals surface area contributed by atoms with Gasteiger partial charge in [0.15, 0.2) is 0 Å². The number of hydrogen-bond donors (Lipinski definition) is 2. The molecule has 1 amide bonds. The Bertz CT molecular complexity index is 393. The first-order valence-electron chi connectivity index (χ1n) is 5.05. The van der Waals surface area contributed by atoms with Crippen LogP contribution in [0.5, 0.6) is 0 Å². The molecule has 2 N–H and O–H groups in total. The summed E-state index contributed by atoms with van der Waals surface area (Å²) < 4.78 is 0. The van der Waals surface area contributed by atoms with Crippen LogP contribution >= 0.6 is 23.1 Å². The minimum Gasteiger partial charge on any atom is -0.481 e. The minimum atomic E-state index is -0.907. The quantitative estimate of drug-likeness (QED) is 0.783. The maximum Gasteiger partial charge on any atom is 0.305 e. The standard InChI is InChI=1S/C10H14N2O3S2/c1-7-12-8(5-17-7)4-16-6-9(13)11-3-2-10(14)15/h5H,2-4,6H2,1H3,(H,11,13)(H,14,15). The van der Waals surface area contributed by atoms with Gasteiger partial charge in [-0.25, -0.2) is 4.98 Å². The molecule has 1 rings (SSSR count). The number of nitrogens with zero attached hydrogens (tertiary/aromatic N) is 1. The van der Waals surface area contributed by atoms with Crippen LogP contribution in [-0.2, 0) is 15.3 Å². The van der Waals surface area contributed by atoms with Crippen molar-refractivity contribution < 1.29 is 14.7 Å². The highest BCUT2D eigenvalue weighted by Crippen LogP contribution is 2.14. The van der Waals surface area contributed by atoms with Gasteiger partial charge in [0.1, 0.15) is 0 Å². The van der Waals surface area contributed by atoms with Crippen molar-refractivity contribution in [2.45, 2.75) is 19.1 Å². The molecular formula is C10H14N2O3S2. The van der Waals surface area contributed by atoms with Crippen LogP contribution in [-0.4, -0.2) is 34.3 Å². The van der Waals surface area contributed by atoms with Crippen molar-refractivity contribution in [3.63, 3.8) is 0 Å². The molecule has 0 bridgehead atoms. The first kappa shape index (κ1) is 14.0. The average Bonchev–Trinajstić information content (AvgIpc) is 2.63. The number of thiazole rings is 1. The molecule has 1 aromatic rings. The largest absolute Gasteiger partial charge is 0.481 e. The molecule has 0 saturated carbocycles. The summed E-state index contributed by atoms with van der Waals surface area (Å²) in [5.41, 5.74) is 0.982. The maximum absolute atomic E-state index is 11.3. The molecule has 5 nitrogen and oxygen atoms in total. The Morgan fingerprint density at radius 1 is 1.59 bits per heavy atom. The number of aryl methyl sites for hydroxylation is 1. The summed E-state index contributed by atoms with van der Waals surface area (Å²) in [7, 11) is 0. The van der Waals surface area contributed by atoms with Gasteiger partial charge in [0.2, 0.25) is 5.91 Å². The highest BCUT2D eigenvalue weighted by molar-refractivity contribution is 7.99. The number of aromatic nitrogens is 1. The lowest BCUT2D eigenvalue weighted by Gasteiger charge is -2.02. The second-order valence-corrected chi connectivity index (χ2v) is 5.39. The number of rotatable bonds is 7. The van der Waals surface area contributed by atoms with E-state index in [0.717, 1.165) is 10.7 Å². The summed E-state index contributed by atoms with van der Waals surface area (Å²) in [6.07, 6.45) is -0.0400. The zero-order chi connectivity index (χ0) is 12.7. The number of carbonyl (C=O) groups is 2. The number of nitrogens with one attached hydrogen (secondary N) is 1. The van der Waals surface area contributed by atoms with Gasteiger partial charge in [-0.05, 0) is 6.92 Å². The van der Waals surface area contributed by atoms with Gasteiger partial charge in [0.05, 0.1) is 22.9 Å². The van der Waals surface area contributed by atoms with E-state index in [-0.39, 0.29) is 18.9 Å². The smallest absolute Gasteiger partial charge is 0.305 e. The van der Waals surface area contributed by atoms with Crippen LogP contribution < -0.4 is 5.32 Å². The van der Waals surface area contributed by atoms with Gasteiger partial charge in [-0.1, -0.05) is 0 Å². The van der Waals surface area contributed by atoms with E-state index >= 15 is 0 Å². The molecule has 7 heteroatoms. The third-order valence-electron chi connectivity index (χ3n) is 1.81. The number of carboxylic acids is 1. The van der Waals surface area contributed by atoms with E-state index < -0.39 is 5.97 Å². The molecule has 0 spiro atoms. The van der Waals surface area contributed by atoms with Crippen molar-refractivity contribution in [2.24, 2.45) is 0 Å². The first-order valence-corrected chi connectivity index (χ1v) is 7.08. The van der Waals surface area contributed by atoms with Gasteiger partial charge in [-0.2, -0.15) is 0 Å². The van der Waals surface area contributed by atoms with Gasteiger partial charge in [-0.3, -0.25) is 9.59 Å². The van der Waals surface area contributed by atoms with Crippen LogP contribution in [0.2, 0.25) is 0 Å². The molecule has 1 aromatic heterocycles. The third kappa shape index (κ3) is 6.28. The Morgan fingerprint density at radius 2 is 2.35 bits per heavy atom. The molecule has 0 atom stereocenters. The lowest BCUT2D eigenvalue weighted by Crippen LogP contribution is -2.27. The zero-order valence-corrected chi connectivity index (χ0v) is 11.1. The molecule has 0 saturated heterocycles. The summed E-state index contributed by atoms with van der Waals surface area (Å²) >= 11 is 3.06. The summed E-state index contributed by atoms with van der Waals surface area (Å²) in [5.74, 6) is -0.00789. The third-order valence-corrected chi connectivity index (χ3v) is 3.60. The van der Waals surface area contributed by atoms with E-state index in [1.807, 2.05) is 12.3 Å². The number of carbonyl (C=O) groups excluding carboxylic acids is 1. The molecular weight excluding hydrogens is 260 g/mol. The molecule has 94 valence electrons. The molecule has 0 unspecified atom stereocenters. The lowest BCUT2D eigenvalue weighted by atomic mass is 10.4. The number of aliphatic carboxylic acids is 1. The van der Waals surface area contributed by atoms with Crippen molar-refractivity contribution in [1.82, 2.24) is 10.3 Å². The fourth-order valence-corrected chi connectivity index (χ4v) is 2.55. The Balaban J connectivity index is 2.10. The molecule has 17 heavy (non-hydrogen) atoms. The van der Waals surface area contributed by atoms with Gasteiger partial charge in [0, 0.05) is 17.7 Å². The average molecular weight is 274 g/mol. The van der Waals surface area contributed by atoms with Crippen LogP contribution in [0.25, 0.3) is 0 Å². The summed E-state index contributed by atoms with van der Waals surface area (Å²) in [6.45, 7) is 2.13. The van der Waals surface area contributed by atoms with E-state index in [4.69, 9.17) is 5.11 Å². The topological polar surface area (TPSA) is 79.3 Å². The SMILES string of the molecule is Cc1nc(CSCC(=O)NCCC(=O)O)cs1. The second kappa shape index (κ2) is 7.29. The summed E-state index contributed by atoms with van der Waals surface area (Å²) in [5, 5.41) is 13.9. The summed E-state index contributed by atoms with van der Waals surface area (Å²) in [6, 6.07) is 0. The van der Waals surface area contributed by atoms with Gasteiger partial charge >= 0.3 is 5.97 Å². The molecule has 0 aliphatic carbocycles. The number of carboxylic acid groups (broad SMARTS) is 1. The predicted octanol–water partition coefficient (Wildman–Crippen LogP) is 1.28. The van der Waals surface area contributed by atoms with Crippen LogP contribution in [0.1, 0.15) is 17.1 Å². The van der Waals surface area contributed by atoms with E-state index in [9.17, 15) is 9.59 Å². The van der Waals surface area contributed by atoms with Gasteiger partial charge in [-0.15, -0.1) is 23.1 Å². The van der Waals surface area contributed by atoms with Gasteiger partial charge < -0.3 is 10.4 Å². The Labute approximate surface area is 108 Å². The maximum atomic E-state index is 11.3. The van der Waals surface area contributed by atoms with Crippen molar-refractivity contribution in [3.05, 3.63) is 16.1 Å². The number of thioether (sulfide) groups is 1. The Kier molecular flexibility index (Phi) is 5.99. The molecule has 0 aliphatic rings. The second-order valence-electron chi connectivity index (χ2n) is 3.34. The molecule has 0 aromatic carbocycles. The monoisotopic (exact) mass is 274 g/mol. The molecule has 0 fully saturated rings. The van der Waals surface area contributed by atoms with E-state index in [2.05, 4.69) is 10.3 Å². The van der Waals surface area contributed by atoms with Crippen molar-refractivity contribution in [2.75, 3.05) is 12.3 Å². The molecule has 0 radical (unpaired) electrons. The summed E-state index contributed by atoms with van der Waals surface area (Å²) in [4.78, 5) is 25.8. The van der Waals surface area contributed by atoms with Crippen LogP contribution in [0.15, 0.2) is 5.38 Å². The lowest BCUT2D eigenvalue weighted by molar-refractivity contribution is -0.136. The fraction of sp³-hybridized carbons (Fsp3) is 0.500. The highest BCUT2D eigenvalue weighted by atomic mass is 32.2. The zero-order valence-electron chi connectivity index (χ0n) is 9.43. The van der Waals surface area contributed by atoms with Crippen LogP contribution in [0.3, 0.4) is 0 Å². The van der Waals surface area contributed by atoms with Crippen LogP contribution in [0, 0.1) is 6.92 Å². The van der Waals surface area contributed by atoms with Gasteiger partial charge in [0.25, 0.3) is 0 Å². The normalized spacial score (nSPS) is 10.2. The fourth-order valence-electron chi connectivity index (χ4n) is 1.08. The van der Waals surface area contributed by atoms with Crippen LogP contribution in [0.4, 0.5) is 0 Å². The van der Waals surface area contributed by atoms with E-state index in [1.54, 1.807) is 11.3 Å². The van der Waals surface area contributed by atoms with Crippen molar-refractivity contribution in [3.8, 4) is 0 Å². The first-order chi connectivity index (χ1) is 8.08. The number of amides is 1. The molecule has 0 aliphatic heterocycles. The van der Waals surface area contributed by atoms with E-state index in [1.165, 1.54) is 11.8 Å². The predicted molar refractivity (Wildman–Crippen MR) is 68.3 cm³/mol. The molecule has 1 heterocycles. The minimum absolute atomic E-state index is 0.0400. The Morgan fingerprint density at radius 3 is 2.94 bits per heavy atom. The van der Waals surface area contributed by atoms with Crippen molar-refractivity contribution in [1.29, 1.82) is 0 Å². The van der Waals surface area contributed by atoms with Crippen molar-refractivity contribution >= 4 is 35.0 Å². The highest BCUT2D eigenvalue weighted by Gasteiger charge is 2.04. The Hall–Kier alpha value is -1.08.